The lowest BCUT2D eigenvalue weighted by Gasteiger charge is -2.07. The largest absolute Gasteiger partial charge is 0.484 e. The SMILES string of the molecule is CNC(=O)COc1ccc(NC(=O)CCCN)cc1.Cl. The number of ether oxygens (including phenoxy) is 1. The van der Waals surface area contributed by atoms with Crippen LogP contribution in [-0.4, -0.2) is 32.0 Å². The van der Waals surface area contributed by atoms with Crippen LogP contribution in [0.4, 0.5) is 5.69 Å². The van der Waals surface area contributed by atoms with Gasteiger partial charge in [0.15, 0.2) is 6.61 Å². The molecule has 0 unspecified atom stereocenters. The van der Waals surface area contributed by atoms with E-state index in [1.165, 1.54) is 0 Å². The van der Waals surface area contributed by atoms with Crippen LogP contribution in [0.5, 0.6) is 5.75 Å². The van der Waals surface area contributed by atoms with Crippen molar-refractivity contribution in [3.63, 3.8) is 0 Å². The average molecular weight is 302 g/mol. The maximum Gasteiger partial charge on any atom is 0.257 e. The first-order valence-corrected chi connectivity index (χ1v) is 6.09. The molecule has 0 atom stereocenters. The van der Waals surface area contributed by atoms with Crippen LogP contribution in [0.3, 0.4) is 0 Å². The normalized spacial score (nSPS) is 9.30. The van der Waals surface area contributed by atoms with Crippen molar-refractivity contribution < 1.29 is 14.3 Å². The molecule has 1 aromatic carbocycles. The number of nitrogens with two attached hydrogens (primary N) is 1. The van der Waals surface area contributed by atoms with Gasteiger partial charge in [-0.2, -0.15) is 0 Å². The predicted octanol–water partition coefficient (Wildman–Crippen LogP) is 0.911. The van der Waals surface area contributed by atoms with E-state index in [0.29, 0.717) is 30.8 Å². The fourth-order valence-corrected chi connectivity index (χ4v) is 1.34. The van der Waals surface area contributed by atoms with E-state index in [9.17, 15) is 9.59 Å². The van der Waals surface area contributed by atoms with Gasteiger partial charge in [0.2, 0.25) is 5.91 Å². The van der Waals surface area contributed by atoms with Gasteiger partial charge in [-0.1, -0.05) is 0 Å². The second-order valence-corrected chi connectivity index (χ2v) is 3.93. The minimum absolute atomic E-state index is 0. The molecule has 0 bridgehead atoms. The lowest BCUT2D eigenvalue weighted by Crippen LogP contribution is -2.24. The maximum atomic E-state index is 11.5. The summed E-state index contributed by atoms with van der Waals surface area (Å²) in [5.74, 6) is 0.312. The molecule has 0 radical (unpaired) electrons. The third-order valence-electron chi connectivity index (χ3n) is 2.39. The molecule has 0 aliphatic rings. The van der Waals surface area contributed by atoms with Gasteiger partial charge >= 0.3 is 0 Å². The molecular formula is C13H20ClN3O3. The minimum Gasteiger partial charge on any atom is -0.484 e. The highest BCUT2D eigenvalue weighted by molar-refractivity contribution is 5.90. The van der Waals surface area contributed by atoms with Crippen LogP contribution in [-0.2, 0) is 9.59 Å². The van der Waals surface area contributed by atoms with Crippen molar-refractivity contribution in [2.75, 3.05) is 25.5 Å². The van der Waals surface area contributed by atoms with Gasteiger partial charge in [0, 0.05) is 19.2 Å². The van der Waals surface area contributed by atoms with Crippen molar-refractivity contribution in [3.05, 3.63) is 24.3 Å². The Balaban J connectivity index is 0.00000361. The van der Waals surface area contributed by atoms with Crippen LogP contribution < -0.4 is 21.1 Å². The molecule has 7 heteroatoms. The number of rotatable bonds is 7. The molecule has 2 amide bonds. The van der Waals surface area contributed by atoms with Crippen LogP contribution >= 0.6 is 12.4 Å². The molecule has 0 saturated heterocycles. The van der Waals surface area contributed by atoms with Crippen LogP contribution in [0.2, 0.25) is 0 Å². The molecule has 0 heterocycles. The van der Waals surface area contributed by atoms with E-state index in [4.69, 9.17) is 10.5 Å². The average Bonchev–Trinajstić information content (AvgIpc) is 2.44. The molecule has 0 spiro atoms. The van der Waals surface area contributed by atoms with Crippen molar-refractivity contribution in [2.24, 2.45) is 5.73 Å². The zero-order valence-corrected chi connectivity index (χ0v) is 12.2. The standard InChI is InChI=1S/C13H19N3O3.ClH/c1-15-13(18)9-19-11-6-4-10(5-7-11)16-12(17)3-2-8-14;/h4-7H,2-3,8-9,14H2,1H3,(H,15,18)(H,16,17);1H. The summed E-state index contributed by atoms with van der Waals surface area (Å²) in [6, 6.07) is 6.84. The summed E-state index contributed by atoms with van der Waals surface area (Å²) in [7, 11) is 1.55. The van der Waals surface area contributed by atoms with E-state index in [-0.39, 0.29) is 30.8 Å². The number of carbonyl (C=O) groups excluding carboxylic acids is 2. The summed E-state index contributed by atoms with van der Waals surface area (Å²) in [5.41, 5.74) is 6.02. The highest BCUT2D eigenvalue weighted by Gasteiger charge is 2.03. The Morgan fingerprint density at radius 3 is 2.40 bits per heavy atom. The molecule has 112 valence electrons. The van der Waals surface area contributed by atoms with Crippen molar-refractivity contribution in [2.45, 2.75) is 12.8 Å². The smallest absolute Gasteiger partial charge is 0.257 e. The van der Waals surface area contributed by atoms with Crippen LogP contribution in [0.25, 0.3) is 0 Å². The molecular weight excluding hydrogens is 282 g/mol. The van der Waals surface area contributed by atoms with Crippen molar-refractivity contribution in [1.82, 2.24) is 5.32 Å². The van der Waals surface area contributed by atoms with E-state index < -0.39 is 0 Å². The predicted molar refractivity (Wildman–Crippen MR) is 80.2 cm³/mol. The van der Waals surface area contributed by atoms with Gasteiger partial charge in [0.25, 0.3) is 5.91 Å². The number of anilines is 1. The first-order chi connectivity index (χ1) is 9.15. The van der Waals surface area contributed by atoms with Gasteiger partial charge in [-0.25, -0.2) is 0 Å². The molecule has 4 N–H and O–H groups in total. The van der Waals surface area contributed by atoms with Gasteiger partial charge in [0.1, 0.15) is 5.75 Å². The first kappa shape index (κ1) is 18.2. The fraction of sp³-hybridized carbons (Fsp3) is 0.385. The Kier molecular flexibility index (Phi) is 9.15. The van der Waals surface area contributed by atoms with E-state index >= 15 is 0 Å². The van der Waals surface area contributed by atoms with E-state index in [1.54, 1.807) is 31.3 Å². The molecule has 0 aromatic heterocycles. The Bertz CT molecular complexity index is 423. The topological polar surface area (TPSA) is 93.5 Å². The number of benzene rings is 1. The highest BCUT2D eigenvalue weighted by atomic mass is 35.5. The zero-order chi connectivity index (χ0) is 14.1. The molecule has 0 fully saturated rings. The van der Waals surface area contributed by atoms with Crippen molar-refractivity contribution >= 4 is 29.9 Å². The quantitative estimate of drug-likeness (QED) is 0.698. The second kappa shape index (κ2) is 10.1. The van der Waals surface area contributed by atoms with E-state index in [2.05, 4.69) is 10.6 Å². The third-order valence-corrected chi connectivity index (χ3v) is 2.39. The summed E-state index contributed by atoms with van der Waals surface area (Å²) in [6.07, 6.45) is 1.07. The number of carbonyl (C=O) groups is 2. The monoisotopic (exact) mass is 301 g/mol. The molecule has 1 aromatic rings. The summed E-state index contributed by atoms with van der Waals surface area (Å²) in [6.45, 7) is 0.471. The number of halogens is 1. The Hall–Kier alpha value is -1.79. The molecule has 0 aliphatic carbocycles. The lowest BCUT2D eigenvalue weighted by molar-refractivity contribution is -0.122. The molecule has 20 heavy (non-hydrogen) atoms. The summed E-state index contributed by atoms with van der Waals surface area (Å²) in [5, 5.41) is 5.21. The number of nitrogens with one attached hydrogen (secondary N) is 2. The molecule has 1 rings (SSSR count). The van der Waals surface area contributed by atoms with Crippen LogP contribution in [0.1, 0.15) is 12.8 Å². The number of amides is 2. The number of hydrogen-bond acceptors (Lipinski definition) is 4. The number of likely N-dealkylation sites (N-methyl/N-ethyl adjacent to an activating group) is 1. The van der Waals surface area contributed by atoms with Crippen molar-refractivity contribution in [1.29, 1.82) is 0 Å². The lowest BCUT2D eigenvalue weighted by atomic mass is 10.2. The highest BCUT2D eigenvalue weighted by Crippen LogP contribution is 2.15. The van der Waals surface area contributed by atoms with Gasteiger partial charge in [-0.05, 0) is 37.2 Å². The molecule has 6 nitrogen and oxygen atoms in total. The van der Waals surface area contributed by atoms with Gasteiger partial charge < -0.3 is 21.1 Å². The van der Waals surface area contributed by atoms with E-state index in [1.807, 2.05) is 0 Å². The molecule has 0 saturated carbocycles. The van der Waals surface area contributed by atoms with Gasteiger partial charge in [0.05, 0.1) is 0 Å². The van der Waals surface area contributed by atoms with Gasteiger partial charge in [-0.15, -0.1) is 12.4 Å². The van der Waals surface area contributed by atoms with Gasteiger partial charge in [-0.3, -0.25) is 9.59 Å². The maximum absolute atomic E-state index is 11.5. The Morgan fingerprint density at radius 1 is 1.20 bits per heavy atom. The fourth-order valence-electron chi connectivity index (χ4n) is 1.34. The number of hydrogen-bond donors (Lipinski definition) is 3. The summed E-state index contributed by atoms with van der Waals surface area (Å²) in [4.78, 5) is 22.5. The Morgan fingerprint density at radius 2 is 1.85 bits per heavy atom. The second-order valence-electron chi connectivity index (χ2n) is 3.93. The zero-order valence-electron chi connectivity index (χ0n) is 11.3. The minimum atomic E-state index is -0.195. The third kappa shape index (κ3) is 6.96. The van der Waals surface area contributed by atoms with Crippen LogP contribution in [0, 0.1) is 0 Å². The summed E-state index contributed by atoms with van der Waals surface area (Å²) < 4.78 is 5.24. The Labute approximate surface area is 124 Å². The van der Waals surface area contributed by atoms with E-state index in [0.717, 1.165) is 0 Å². The first-order valence-electron chi connectivity index (χ1n) is 6.09. The van der Waals surface area contributed by atoms with Crippen LogP contribution in [0.15, 0.2) is 24.3 Å². The molecule has 0 aliphatic heterocycles. The van der Waals surface area contributed by atoms with Crippen molar-refractivity contribution in [3.8, 4) is 5.75 Å². The summed E-state index contributed by atoms with van der Waals surface area (Å²) >= 11 is 0.